The summed E-state index contributed by atoms with van der Waals surface area (Å²) >= 11 is 0. The van der Waals surface area contributed by atoms with E-state index >= 15 is 0 Å². The second kappa shape index (κ2) is 1.97. The first-order valence-electron chi connectivity index (χ1n) is 2.69. The van der Waals surface area contributed by atoms with Crippen LogP contribution in [0.15, 0.2) is 0 Å². The van der Waals surface area contributed by atoms with Gasteiger partial charge < -0.3 is 14.9 Å². The molecule has 1 heterocycles. The van der Waals surface area contributed by atoms with E-state index in [9.17, 15) is 4.79 Å². The lowest BCUT2D eigenvalue weighted by atomic mass is 10.2. The van der Waals surface area contributed by atoms with Crippen molar-refractivity contribution in [2.24, 2.45) is 0 Å². The van der Waals surface area contributed by atoms with Crippen LogP contribution >= 0.6 is 0 Å². The largest absolute Gasteiger partial charge is 0.458 e. The normalized spacial score (nSPS) is 43.0. The van der Waals surface area contributed by atoms with Crippen molar-refractivity contribution in [1.29, 1.82) is 0 Å². The van der Waals surface area contributed by atoms with Crippen molar-refractivity contribution in [2.45, 2.75) is 25.2 Å². The number of esters is 1. The predicted molar refractivity (Wildman–Crippen MR) is 27.6 cm³/mol. The van der Waals surface area contributed by atoms with Gasteiger partial charge in [0.25, 0.3) is 0 Å². The Kier molecular flexibility index (Phi) is 1.42. The van der Waals surface area contributed by atoms with E-state index in [2.05, 4.69) is 4.74 Å². The molecule has 52 valence electrons. The molecule has 0 aromatic carbocycles. The molecule has 0 aromatic rings. The van der Waals surface area contributed by atoms with Crippen molar-refractivity contribution < 1.29 is 19.7 Å². The zero-order valence-corrected chi connectivity index (χ0v) is 4.94. The Hall–Kier alpha value is -0.610. The average Bonchev–Trinajstić information content (AvgIpc) is 1.98. The monoisotopic (exact) mass is 132 g/mol. The summed E-state index contributed by atoms with van der Waals surface area (Å²) in [5, 5.41) is 17.6. The van der Waals surface area contributed by atoms with Crippen molar-refractivity contribution in [2.75, 3.05) is 0 Å². The first-order chi connectivity index (χ1) is 4.13. The lowest BCUT2D eigenvalue weighted by Crippen LogP contribution is -2.29. The zero-order chi connectivity index (χ0) is 7.02. The number of hydrogen-bond acceptors (Lipinski definition) is 4. The van der Waals surface area contributed by atoms with Gasteiger partial charge in [-0.2, -0.15) is 0 Å². The summed E-state index contributed by atoms with van der Waals surface area (Å²) in [6, 6.07) is 0. The van der Waals surface area contributed by atoms with E-state index in [0.717, 1.165) is 0 Å². The van der Waals surface area contributed by atoms with Gasteiger partial charge in [-0.05, 0) is 6.92 Å². The van der Waals surface area contributed by atoms with Gasteiger partial charge in [-0.15, -0.1) is 0 Å². The van der Waals surface area contributed by atoms with Crippen LogP contribution in [0.25, 0.3) is 0 Å². The Morgan fingerprint density at radius 2 is 2.11 bits per heavy atom. The minimum absolute atomic E-state index is 0.576. The molecule has 0 radical (unpaired) electrons. The maximum atomic E-state index is 10.4. The molecule has 1 aliphatic rings. The number of ether oxygens (including phenoxy) is 1. The second-order valence-electron chi connectivity index (χ2n) is 2.08. The average molecular weight is 132 g/mol. The highest BCUT2D eigenvalue weighted by Crippen LogP contribution is 2.14. The number of rotatable bonds is 0. The summed E-state index contributed by atoms with van der Waals surface area (Å²) in [4.78, 5) is 10.4. The third kappa shape index (κ3) is 0.906. The van der Waals surface area contributed by atoms with E-state index in [4.69, 9.17) is 10.2 Å². The molecule has 0 bridgehead atoms. The minimum Gasteiger partial charge on any atom is -0.458 e. The van der Waals surface area contributed by atoms with Gasteiger partial charge in [0.2, 0.25) is 0 Å². The van der Waals surface area contributed by atoms with Gasteiger partial charge in [-0.3, -0.25) is 0 Å². The van der Waals surface area contributed by atoms with Crippen LogP contribution in [0.1, 0.15) is 6.92 Å². The van der Waals surface area contributed by atoms with Crippen molar-refractivity contribution in [1.82, 2.24) is 0 Å². The number of hydrogen-bond donors (Lipinski definition) is 2. The molecule has 0 aliphatic carbocycles. The summed E-state index contributed by atoms with van der Waals surface area (Å²) < 4.78 is 4.45. The lowest BCUT2D eigenvalue weighted by Gasteiger charge is -2.04. The van der Waals surface area contributed by atoms with Crippen molar-refractivity contribution in [3.05, 3.63) is 0 Å². The molecule has 0 amide bonds. The van der Waals surface area contributed by atoms with Gasteiger partial charge in [0.05, 0.1) is 0 Å². The van der Waals surface area contributed by atoms with Crippen LogP contribution in [0, 0.1) is 0 Å². The van der Waals surface area contributed by atoms with Gasteiger partial charge >= 0.3 is 5.97 Å². The minimum atomic E-state index is -1.35. The Morgan fingerprint density at radius 3 is 2.22 bits per heavy atom. The van der Waals surface area contributed by atoms with Crippen LogP contribution in [0.4, 0.5) is 0 Å². The van der Waals surface area contributed by atoms with Gasteiger partial charge in [0, 0.05) is 0 Å². The highest BCUT2D eigenvalue weighted by molar-refractivity contribution is 5.77. The second-order valence-corrected chi connectivity index (χ2v) is 2.08. The molecule has 0 unspecified atom stereocenters. The predicted octanol–water partition coefficient (Wildman–Crippen LogP) is -1.35. The fraction of sp³-hybridized carbons (Fsp3) is 0.800. The molecule has 1 rings (SSSR count). The van der Waals surface area contributed by atoms with Crippen LogP contribution in [0.3, 0.4) is 0 Å². The molecule has 4 nitrogen and oxygen atoms in total. The number of aliphatic hydroxyl groups excluding tert-OH is 2. The van der Waals surface area contributed by atoms with Crippen LogP contribution < -0.4 is 0 Å². The van der Waals surface area contributed by atoms with Crippen LogP contribution in [0.2, 0.25) is 0 Å². The third-order valence-corrected chi connectivity index (χ3v) is 1.35. The van der Waals surface area contributed by atoms with Crippen LogP contribution in [0.5, 0.6) is 0 Å². The molecule has 3 atom stereocenters. The highest BCUT2D eigenvalue weighted by atomic mass is 16.6. The molecule has 1 aliphatic heterocycles. The Bertz CT molecular complexity index is 133. The van der Waals surface area contributed by atoms with Gasteiger partial charge in [-0.25, -0.2) is 4.79 Å². The number of carbonyl (C=O) groups is 1. The summed E-state index contributed by atoms with van der Waals surface area (Å²) in [6.45, 7) is 1.53. The molecule has 0 spiro atoms. The van der Waals surface area contributed by atoms with E-state index in [1.807, 2.05) is 0 Å². The van der Waals surface area contributed by atoms with E-state index in [0.29, 0.717) is 0 Å². The molecule has 0 saturated carbocycles. The quantitative estimate of drug-likeness (QED) is 0.400. The molecular formula is C5H8O4. The summed E-state index contributed by atoms with van der Waals surface area (Å²) in [6.07, 6.45) is -2.98. The summed E-state index contributed by atoms with van der Waals surface area (Å²) in [5.74, 6) is -0.741. The van der Waals surface area contributed by atoms with Crippen molar-refractivity contribution >= 4 is 5.97 Å². The molecule has 4 heteroatoms. The SMILES string of the molecule is C[C@@H]1OC(=O)[C@H](O)[C@@H]1O. The molecule has 0 aromatic heterocycles. The molecule has 1 fully saturated rings. The molecule has 9 heavy (non-hydrogen) atoms. The number of cyclic esters (lactones) is 1. The van der Waals surface area contributed by atoms with E-state index in [-0.39, 0.29) is 0 Å². The first-order valence-corrected chi connectivity index (χ1v) is 2.69. The third-order valence-electron chi connectivity index (χ3n) is 1.35. The summed E-state index contributed by atoms with van der Waals surface area (Å²) in [7, 11) is 0. The van der Waals surface area contributed by atoms with Crippen LogP contribution in [-0.2, 0) is 9.53 Å². The van der Waals surface area contributed by atoms with Gasteiger partial charge in [0.15, 0.2) is 6.10 Å². The standard InChI is InChI=1S/C5H8O4/c1-2-3(6)4(7)5(8)9-2/h2-4,6-7H,1H3/t2-,3+,4+/m0/s1. The maximum absolute atomic E-state index is 10.4. The fourth-order valence-electron chi connectivity index (χ4n) is 0.719. The maximum Gasteiger partial charge on any atom is 0.338 e. The van der Waals surface area contributed by atoms with Crippen molar-refractivity contribution in [3.8, 4) is 0 Å². The Labute approximate surface area is 52.1 Å². The van der Waals surface area contributed by atoms with Gasteiger partial charge in [-0.1, -0.05) is 0 Å². The number of aliphatic hydroxyl groups is 2. The highest BCUT2D eigenvalue weighted by Gasteiger charge is 2.39. The Balaban J connectivity index is 2.65. The van der Waals surface area contributed by atoms with Crippen LogP contribution in [-0.4, -0.2) is 34.5 Å². The first kappa shape index (κ1) is 6.51. The van der Waals surface area contributed by atoms with Gasteiger partial charge in [0.1, 0.15) is 12.2 Å². The zero-order valence-electron chi connectivity index (χ0n) is 4.94. The van der Waals surface area contributed by atoms with E-state index < -0.39 is 24.3 Å². The molecule has 2 N–H and O–H groups in total. The fourth-order valence-corrected chi connectivity index (χ4v) is 0.719. The van der Waals surface area contributed by atoms with E-state index in [1.165, 1.54) is 6.92 Å². The molecule has 1 saturated heterocycles. The molecular weight excluding hydrogens is 124 g/mol. The number of carbonyl (C=O) groups excluding carboxylic acids is 1. The lowest BCUT2D eigenvalue weighted by molar-refractivity contribution is -0.146. The Morgan fingerprint density at radius 1 is 1.56 bits per heavy atom. The van der Waals surface area contributed by atoms with E-state index in [1.54, 1.807) is 0 Å². The van der Waals surface area contributed by atoms with Crippen molar-refractivity contribution in [3.63, 3.8) is 0 Å². The smallest absolute Gasteiger partial charge is 0.338 e. The topological polar surface area (TPSA) is 66.8 Å². The summed E-state index contributed by atoms with van der Waals surface area (Å²) in [5.41, 5.74) is 0.